The van der Waals surface area contributed by atoms with Gasteiger partial charge in [-0.25, -0.2) is 9.50 Å². The largest absolute Gasteiger partial charge is 0.356 e. The van der Waals surface area contributed by atoms with Crippen molar-refractivity contribution in [3.63, 3.8) is 0 Å². The van der Waals surface area contributed by atoms with E-state index in [9.17, 15) is 4.79 Å². The second-order valence-corrected chi connectivity index (χ2v) is 6.95. The summed E-state index contributed by atoms with van der Waals surface area (Å²) in [5.41, 5.74) is 4.93. The molecule has 1 amide bonds. The fourth-order valence-corrected chi connectivity index (χ4v) is 3.21. The van der Waals surface area contributed by atoms with Gasteiger partial charge >= 0.3 is 0 Å². The van der Waals surface area contributed by atoms with Crippen LogP contribution in [0.2, 0.25) is 0 Å². The molecule has 1 N–H and O–H groups in total. The molecule has 0 bridgehead atoms. The number of aryl methyl sites for hydroxylation is 3. The molecule has 3 heterocycles. The Morgan fingerprint density at radius 3 is 2.85 bits per heavy atom. The minimum absolute atomic E-state index is 0.0628. The topological polar surface area (TPSA) is 77.1 Å². The Labute approximate surface area is 153 Å². The third kappa shape index (κ3) is 4.09. The normalized spacial score (nSPS) is 12.5. The molecule has 0 aliphatic heterocycles. The van der Waals surface area contributed by atoms with Crippen LogP contribution in [0.15, 0.2) is 24.5 Å². The van der Waals surface area contributed by atoms with E-state index < -0.39 is 0 Å². The van der Waals surface area contributed by atoms with Crippen LogP contribution in [0.5, 0.6) is 0 Å². The zero-order chi connectivity index (χ0) is 18.7. The van der Waals surface area contributed by atoms with E-state index in [0.29, 0.717) is 25.3 Å². The van der Waals surface area contributed by atoms with Gasteiger partial charge in [-0.2, -0.15) is 10.2 Å². The average molecular weight is 354 g/mol. The molecular formula is C19H26N6O. The molecule has 0 aromatic carbocycles. The van der Waals surface area contributed by atoms with Gasteiger partial charge < -0.3 is 5.32 Å². The van der Waals surface area contributed by atoms with E-state index in [1.165, 1.54) is 0 Å². The molecule has 7 heteroatoms. The number of fused-ring (bicyclic) bond motifs is 1. The predicted octanol–water partition coefficient (Wildman–Crippen LogP) is 2.24. The van der Waals surface area contributed by atoms with Crippen molar-refractivity contribution in [3.8, 4) is 0 Å². The van der Waals surface area contributed by atoms with Crippen molar-refractivity contribution in [2.24, 2.45) is 5.92 Å². The second-order valence-electron chi connectivity index (χ2n) is 6.95. The lowest BCUT2D eigenvalue weighted by molar-refractivity contribution is -0.121. The van der Waals surface area contributed by atoms with Crippen molar-refractivity contribution >= 4 is 11.6 Å². The molecule has 1 unspecified atom stereocenters. The summed E-state index contributed by atoms with van der Waals surface area (Å²) in [7, 11) is 0. The molecule has 0 saturated heterocycles. The minimum atomic E-state index is 0.0628. The molecule has 3 aromatic heterocycles. The molecule has 0 radical (unpaired) electrons. The molecule has 3 rings (SSSR count). The van der Waals surface area contributed by atoms with Gasteiger partial charge in [-0.05, 0) is 44.7 Å². The van der Waals surface area contributed by atoms with E-state index in [-0.39, 0.29) is 5.91 Å². The Kier molecular flexibility index (Phi) is 5.35. The number of hydrogen-bond acceptors (Lipinski definition) is 4. The summed E-state index contributed by atoms with van der Waals surface area (Å²) in [6.07, 6.45) is 4.81. The first-order chi connectivity index (χ1) is 12.4. The number of aromatic nitrogens is 5. The summed E-state index contributed by atoms with van der Waals surface area (Å²) in [5.74, 6) is 0.389. The highest BCUT2D eigenvalue weighted by Gasteiger charge is 2.13. The maximum atomic E-state index is 12.2. The highest BCUT2D eigenvalue weighted by Crippen LogP contribution is 2.17. The Bertz CT molecular complexity index is 897. The van der Waals surface area contributed by atoms with Gasteiger partial charge in [0.2, 0.25) is 5.91 Å². The molecule has 0 aliphatic carbocycles. The van der Waals surface area contributed by atoms with Crippen molar-refractivity contribution in [3.05, 3.63) is 47.2 Å². The summed E-state index contributed by atoms with van der Waals surface area (Å²) >= 11 is 0. The van der Waals surface area contributed by atoms with Gasteiger partial charge in [-0.15, -0.1) is 0 Å². The van der Waals surface area contributed by atoms with Gasteiger partial charge in [0.1, 0.15) is 0 Å². The lowest BCUT2D eigenvalue weighted by Gasteiger charge is -2.14. The molecule has 0 fully saturated rings. The molecule has 0 saturated carbocycles. The monoisotopic (exact) mass is 354 g/mol. The summed E-state index contributed by atoms with van der Waals surface area (Å²) in [4.78, 5) is 16.8. The molecule has 138 valence electrons. The van der Waals surface area contributed by atoms with Gasteiger partial charge in [0.05, 0.1) is 5.69 Å². The summed E-state index contributed by atoms with van der Waals surface area (Å²) in [6, 6.07) is 3.87. The Hall–Kier alpha value is -2.70. The zero-order valence-corrected chi connectivity index (χ0v) is 15.9. The standard InChI is InChI=1S/C19H26N6O/c1-13(12-24-9-5-8-21-24)11-20-19(26)7-6-17-15(3)22-18-10-14(2)23-25(18)16(17)4/h5,8-10,13H,6-7,11-12H2,1-4H3,(H,20,26). The molecule has 26 heavy (non-hydrogen) atoms. The van der Waals surface area contributed by atoms with E-state index in [0.717, 1.165) is 34.8 Å². The summed E-state index contributed by atoms with van der Waals surface area (Å²) in [5, 5.41) is 11.7. The van der Waals surface area contributed by atoms with Crippen LogP contribution in [0.25, 0.3) is 5.65 Å². The van der Waals surface area contributed by atoms with Crippen LogP contribution in [0.1, 0.15) is 36.0 Å². The molecule has 7 nitrogen and oxygen atoms in total. The van der Waals surface area contributed by atoms with Crippen molar-refractivity contribution in [2.75, 3.05) is 6.54 Å². The third-order valence-electron chi connectivity index (χ3n) is 4.59. The van der Waals surface area contributed by atoms with Gasteiger partial charge in [-0.1, -0.05) is 6.92 Å². The lowest BCUT2D eigenvalue weighted by atomic mass is 10.1. The van der Waals surface area contributed by atoms with Crippen LogP contribution in [0.4, 0.5) is 0 Å². The van der Waals surface area contributed by atoms with Gasteiger partial charge in [0.15, 0.2) is 5.65 Å². The van der Waals surface area contributed by atoms with Crippen LogP contribution in [-0.4, -0.2) is 36.8 Å². The Morgan fingerprint density at radius 2 is 2.12 bits per heavy atom. The third-order valence-corrected chi connectivity index (χ3v) is 4.59. The first kappa shape index (κ1) is 18.1. The number of carbonyl (C=O) groups excluding carboxylic acids is 1. The van der Waals surface area contributed by atoms with E-state index in [1.807, 2.05) is 48.3 Å². The Balaban J connectivity index is 1.55. The van der Waals surface area contributed by atoms with Crippen LogP contribution < -0.4 is 5.32 Å². The first-order valence-corrected chi connectivity index (χ1v) is 9.00. The summed E-state index contributed by atoms with van der Waals surface area (Å²) in [6.45, 7) is 9.54. The van der Waals surface area contributed by atoms with Crippen LogP contribution in [-0.2, 0) is 17.8 Å². The van der Waals surface area contributed by atoms with Gasteiger partial charge in [-0.3, -0.25) is 9.48 Å². The van der Waals surface area contributed by atoms with E-state index in [1.54, 1.807) is 6.20 Å². The number of carbonyl (C=O) groups is 1. The molecule has 0 spiro atoms. The first-order valence-electron chi connectivity index (χ1n) is 9.00. The van der Waals surface area contributed by atoms with E-state index in [4.69, 9.17) is 0 Å². The highest BCUT2D eigenvalue weighted by atomic mass is 16.1. The molecule has 3 aromatic rings. The fourth-order valence-electron chi connectivity index (χ4n) is 3.21. The number of nitrogens with one attached hydrogen (secondary N) is 1. The predicted molar refractivity (Wildman–Crippen MR) is 99.9 cm³/mol. The van der Waals surface area contributed by atoms with E-state index in [2.05, 4.69) is 27.4 Å². The van der Waals surface area contributed by atoms with Gasteiger partial charge in [0, 0.05) is 49.4 Å². The highest BCUT2D eigenvalue weighted by molar-refractivity contribution is 5.76. The summed E-state index contributed by atoms with van der Waals surface area (Å²) < 4.78 is 3.75. The zero-order valence-electron chi connectivity index (χ0n) is 15.9. The average Bonchev–Trinajstić information content (AvgIpc) is 3.22. The molecule has 0 aliphatic rings. The second kappa shape index (κ2) is 7.68. The quantitative estimate of drug-likeness (QED) is 0.706. The number of rotatable bonds is 7. The fraction of sp³-hybridized carbons (Fsp3) is 0.474. The number of amides is 1. The Morgan fingerprint density at radius 1 is 1.31 bits per heavy atom. The van der Waals surface area contributed by atoms with Crippen molar-refractivity contribution in [1.29, 1.82) is 0 Å². The van der Waals surface area contributed by atoms with E-state index >= 15 is 0 Å². The van der Waals surface area contributed by atoms with Gasteiger partial charge in [0.25, 0.3) is 0 Å². The number of hydrogen-bond donors (Lipinski definition) is 1. The maximum Gasteiger partial charge on any atom is 0.220 e. The van der Waals surface area contributed by atoms with Crippen LogP contribution in [0, 0.1) is 26.7 Å². The molecule has 1 atom stereocenters. The van der Waals surface area contributed by atoms with Crippen LogP contribution >= 0.6 is 0 Å². The van der Waals surface area contributed by atoms with Crippen molar-refractivity contribution in [2.45, 2.75) is 47.1 Å². The smallest absolute Gasteiger partial charge is 0.220 e. The van der Waals surface area contributed by atoms with Crippen LogP contribution in [0.3, 0.4) is 0 Å². The molecular weight excluding hydrogens is 328 g/mol. The minimum Gasteiger partial charge on any atom is -0.356 e. The van der Waals surface area contributed by atoms with Crippen molar-refractivity contribution < 1.29 is 4.79 Å². The lowest BCUT2D eigenvalue weighted by Crippen LogP contribution is -2.30. The SMILES string of the molecule is Cc1cc2nc(C)c(CCC(=O)NCC(C)Cn3cccn3)c(C)n2n1. The number of nitrogens with zero attached hydrogens (tertiary/aromatic N) is 5. The maximum absolute atomic E-state index is 12.2. The van der Waals surface area contributed by atoms with Crippen molar-refractivity contribution in [1.82, 2.24) is 29.7 Å².